The van der Waals surface area contributed by atoms with Crippen molar-refractivity contribution in [2.45, 2.75) is 6.42 Å². The standard InChI is InChI=1S/C23H18ClN5O4/c24-17-13-20-21(33-11-5-10-32-20)14-18(17)25-23(30)19(12-16-8-4-9-31-16)29-22(26-27-28-29)15-6-2-1-3-7-15/h1-4,6-9,12-14H,5,10-11H2,(H,25,30)/b19-12-. The fraction of sp³-hybridized carbons (Fsp3) is 0.130. The first kappa shape index (κ1) is 20.8. The lowest BCUT2D eigenvalue weighted by atomic mass is 10.2. The first-order valence-corrected chi connectivity index (χ1v) is 10.6. The lowest BCUT2D eigenvalue weighted by Crippen LogP contribution is -2.19. The molecule has 1 aliphatic heterocycles. The summed E-state index contributed by atoms with van der Waals surface area (Å²) in [5.41, 5.74) is 1.25. The Hall–Kier alpha value is -4.11. The molecule has 9 nitrogen and oxygen atoms in total. The van der Waals surface area contributed by atoms with E-state index >= 15 is 0 Å². The van der Waals surface area contributed by atoms with Gasteiger partial charge in [-0.05, 0) is 22.6 Å². The molecular formula is C23H18ClN5O4. The zero-order valence-corrected chi connectivity index (χ0v) is 18.0. The predicted molar refractivity (Wildman–Crippen MR) is 122 cm³/mol. The molecule has 5 rings (SSSR count). The number of anilines is 1. The maximum Gasteiger partial charge on any atom is 0.274 e. The van der Waals surface area contributed by atoms with E-state index < -0.39 is 5.91 Å². The maximum absolute atomic E-state index is 13.4. The van der Waals surface area contributed by atoms with Crippen molar-refractivity contribution < 1.29 is 18.7 Å². The Labute approximate surface area is 193 Å². The molecule has 0 atom stereocenters. The van der Waals surface area contributed by atoms with Crippen LogP contribution in [-0.4, -0.2) is 39.3 Å². The second-order valence-corrected chi connectivity index (χ2v) is 7.52. The van der Waals surface area contributed by atoms with Crippen molar-refractivity contribution in [3.63, 3.8) is 0 Å². The summed E-state index contributed by atoms with van der Waals surface area (Å²) < 4.78 is 18.1. The van der Waals surface area contributed by atoms with E-state index in [1.54, 1.807) is 30.3 Å². The number of benzene rings is 2. The number of furan rings is 1. The lowest BCUT2D eigenvalue weighted by Gasteiger charge is -2.14. The predicted octanol–water partition coefficient (Wildman–Crippen LogP) is 4.38. The Kier molecular flexibility index (Phi) is 5.77. The van der Waals surface area contributed by atoms with Crippen molar-refractivity contribution in [2.24, 2.45) is 0 Å². The molecule has 2 aromatic heterocycles. The largest absolute Gasteiger partial charge is 0.490 e. The molecule has 0 saturated carbocycles. The molecule has 166 valence electrons. The zero-order chi connectivity index (χ0) is 22.6. The third kappa shape index (κ3) is 4.44. The molecule has 1 amide bonds. The fourth-order valence-electron chi connectivity index (χ4n) is 3.31. The van der Waals surface area contributed by atoms with Gasteiger partial charge in [0.25, 0.3) is 5.91 Å². The van der Waals surface area contributed by atoms with Crippen LogP contribution in [0.25, 0.3) is 23.2 Å². The van der Waals surface area contributed by atoms with E-state index in [0.717, 1.165) is 12.0 Å². The molecule has 4 aromatic rings. The van der Waals surface area contributed by atoms with Crippen molar-refractivity contribution >= 4 is 35.0 Å². The summed E-state index contributed by atoms with van der Waals surface area (Å²) in [5, 5.41) is 15.1. The molecule has 0 bridgehead atoms. The Morgan fingerprint density at radius 2 is 1.85 bits per heavy atom. The van der Waals surface area contributed by atoms with Crippen LogP contribution in [0, 0.1) is 0 Å². The topological polar surface area (TPSA) is 104 Å². The van der Waals surface area contributed by atoms with Gasteiger partial charge in [-0.15, -0.1) is 5.10 Å². The van der Waals surface area contributed by atoms with Gasteiger partial charge < -0.3 is 19.2 Å². The third-order valence-corrected chi connectivity index (χ3v) is 5.18. The van der Waals surface area contributed by atoms with Crippen molar-refractivity contribution in [3.8, 4) is 22.9 Å². The monoisotopic (exact) mass is 463 g/mol. The highest BCUT2D eigenvalue weighted by Crippen LogP contribution is 2.38. The lowest BCUT2D eigenvalue weighted by molar-refractivity contribution is -0.111. The molecule has 2 aromatic carbocycles. The quantitative estimate of drug-likeness (QED) is 0.438. The van der Waals surface area contributed by atoms with Crippen molar-refractivity contribution in [2.75, 3.05) is 18.5 Å². The molecule has 0 radical (unpaired) electrons. The van der Waals surface area contributed by atoms with Gasteiger partial charge in [0.15, 0.2) is 17.3 Å². The average molecular weight is 464 g/mol. The van der Waals surface area contributed by atoms with Crippen LogP contribution in [0.5, 0.6) is 11.5 Å². The second kappa shape index (κ2) is 9.17. The van der Waals surface area contributed by atoms with Crippen molar-refractivity contribution in [1.82, 2.24) is 20.2 Å². The van der Waals surface area contributed by atoms with E-state index in [1.165, 1.54) is 10.9 Å². The highest BCUT2D eigenvalue weighted by atomic mass is 35.5. The number of carbonyl (C=O) groups is 1. The highest BCUT2D eigenvalue weighted by molar-refractivity contribution is 6.35. The minimum absolute atomic E-state index is 0.136. The fourth-order valence-corrected chi connectivity index (χ4v) is 3.51. The van der Waals surface area contributed by atoms with Crippen LogP contribution in [0.1, 0.15) is 12.2 Å². The minimum Gasteiger partial charge on any atom is -0.490 e. The average Bonchev–Trinajstić information content (AvgIpc) is 3.47. The van der Waals surface area contributed by atoms with Crippen LogP contribution in [-0.2, 0) is 4.79 Å². The minimum atomic E-state index is -0.493. The van der Waals surface area contributed by atoms with Crippen LogP contribution in [0.3, 0.4) is 0 Å². The first-order valence-electron chi connectivity index (χ1n) is 10.2. The van der Waals surface area contributed by atoms with Gasteiger partial charge in [0, 0.05) is 30.2 Å². The number of hydrogen-bond donors (Lipinski definition) is 1. The first-order chi connectivity index (χ1) is 16.2. The summed E-state index contributed by atoms with van der Waals surface area (Å²) in [6.07, 6.45) is 3.82. The Bertz CT molecular complexity index is 1300. The van der Waals surface area contributed by atoms with Gasteiger partial charge in [0.2, 0.25) is 0 Å². The smallest absolute Gasteiger partial charge is 0.274 e. The zero-order valence-electron chi connectivity index (χ0n) is 17.3. The Morgan fingerprint density at radius 3 is 2.61 bits per heavy atom. The molecule has 0 aliphatic carbocycles. The van der Waals surface area contributed by atoms with Gasteiger partial charge in [-0.2, -0.15) is 4.68 Å². The van der Waals surface area contributed by atoms with Crippen LogP contribution in [0.15, 0.2) is 65.3 Å². The number of nitrogens with one attached hydrogen (secondary N) is 1. The van der Waals surface area contributed by atoms with Crippen molar-refractivity contribution in [3.05, 3.63) is 71.6 Å². The van der Waals surface area contributed by atoms with Gasteiger partial charge in [-0.1, -0.05) is 41.9 Å². The number of ether oxygens (including phenoxy) is 2. The summed E-state index contributed by atoms with van der Waals surface area (Å²) in [5.74, 6) is 1.41. The molecule has 10 heteroatoms. The van der Waals surface area contributed by atoms with Gasteiger partial charge in [-0.3, -0.25) is 4.79 Å². The summed E-state index contributed by atoms with van der Waals surface area (Å²) in [4.78, 5) is 13.4. The maximum atomic E-state index is 13.4. The van der Waals surface area contributed by atoms with Crippen molar-refractivity contribution in [1.29, 1.82) is 0 Å². The number of halogens is 1. The summed E-state index contributed by atoms with van der Waals surface area (Å²) in [7, 11) is 0. The number of tetrazole rings is 1. The number of hydrogen-bond acceptors (Lipinski definition) is 7. The molecule has 0 spiro atoms. The van der Waals surface area contributed by atoms with Crippen LogP contribution in [0.4, 0.5) is 5.69 Å². The molecule has 1 N–H and O–H groups in total. The number of carbonyl (C=O) groups excluding carboxylic acids is 1. The third-order valence-electron chi connectivity index (χ3n) is 4.87. The number of amides is 1. The number of aromatic nitrogens is 4. The molecule has 0 saturated heterocycles. The summed E-state index contributed by atoms with van der Waals surface area (Å²) in [6, 6.07) is 16.0. The van der Waals surface area contributed by atoms with Crippen LogP contribution in [0.2, 0.25) is 5.02 Å². The SMILES string of the molecule is O=C(Nc1cc2c(cc1Cl)OCCCO2)/C(=C/c1ccco1)n1nnnc1-c1ccccc1. The van der Waals surface area contributed by atoms with E-state index in [9.17, 15) is 4.79 Å². The van der Waals surface area contributed by atoms with E-state index in [0.29, 0.717) is 47.0 Å². The summed E-state index contributed by atoms with van der Waals surface area (Å²) in [6.45, 7) is 1.04. The molecule has 33 heavy (non-hydrogen) atoms. The van der Waals surface area contributed by atoms with Gasteiger partial charge in [-0.25, -0.2) is 0 Å². The highest BCUT2D eigenvalue weighted by Gasteiger charge is 2.22. The van der Waals surface area contributed by atoms with Gasteiger partial charge in [0.05, 0.1) is 30.2 Å². The number of rotatable bonds is 5. The van der Waals surface area contributed by atoms with Gasteiger partial charge >= 0.3 is 0 Å². The van der Waals surface area contributed by atoms with E-state index in [1.807, 2.05) is 30.3 Å². The van der Waals surface area contributed by atoms with E-state index in [-0.39, 0.29) is 5.70 Å². The molecule has 1 aliphatic rings. The number of nitrogens with zero attached hydrogens (tertiary/aromatic N) is 4. The second-order valence-electron chi connectivity index (χ2n) is 7.11. The molecule has 0 fully saturated rings. The molecular weight excluding hydrogens is 446 g/mol. The van der Waals surface area contributed by atoms with E-state index in [4.69, 9.17) is 25.5 Å². The Balaban J connectivity index is 1.53. The normalized spacial score (nSPS) is 13.4. The van der Waals surface area contributed by atoms with Crippen LogP contribution < -0.4 is 14.8 Å². The van der Waals surface area contributed by atoms with Gasteiger partial charge in [0.1, 0.15) is 11.5 Å². The Morgan fingerprint density at radius 1 is 1.06 bits per heavy atom. The molecule has 3 heterocycles. The number of fused-ring (bicyclic) bond motifs is 1. The summed E-state index contributed by atoms with van der Waals surface area (Å²) >= 11 is 6.42. The van der Waals surface area contributed by atoms with E-state index in [2.05, 4.69) is 20.8 Å². The molecule has 0 unspecified atom stereocenters. The van der Waals surface area contributed by atoms with Crippen LogP contribution >= 0.6 is 11.6 Å².